The lowest BCUT2D eigenvalue weighted by Gasteiger charge is -2.22. The molecule has 0 aromatic heterocycles. The van der Waals surface area contributed by atoms with Gasteiger partial charge in [0.2, 0.25) is 0 Å². The minimum atomic E-state index is 0.340. The summed E-state index contributed by atoms with van der Waals surface area (Å²) in [4.78, 5) is 11.5. The van der Waals surface area contributed by atoms with Gasteiger partial charge in [-0.2, -0.15) is 0 Å². The number of para-hydroxylation sites is 1. The molecule has 96 valence electrons. The fourth-order valence-electron chi connectivity index (χ4n) is 2.87. The minimum absolute atomic E-state index is 0.340. The van der Waals surface area contributed by atoms with Crippen LogP contribution in [0.5, 0.6) is 5.75 Å². The molecule has 0 radical (unpaired) electrons. The number of ether oxygens (including phenoxy) is 1. The first-order chi connectivity index (χ1) is 9.33. The van der Waals surface area contributed by atoms with E-state index in [2.05, 4.69) is 22.9 Å². The van der Waals surface area contributed by atoms with E-state index in [0.29, 0.717) is 12.6 Å². The molecule has 0 aliphatic carbocycles. The molecule has 4 nitrogen and oxygen atoms in total. The number of aliphatic imine (C=N–C) groups is 2. The third kappa shape index (κ3) is 1.59. The van der Waals surface area contributed by atoms with E-state index in [0.717, 1.165) is 35.8 Å². The summed E-state index contributed by atoms with van der Waals surface area (Å²) in [6, 6.07) is 8.44. The van der Waals surface area contributed by atoms with Gasteiger partial charge in [-0.05, 0) is 19.1 Å². The number of hydrogen-bond donors (Lipinski definition) is 0. The fraction of sp³-hybridized carbons (Fsp3) is 0.333. The Hall–Kier alpha value is -2.10. The summed E-state index contributed by atoms with van der Waals surface area (Å²) in [5, 5.41) is 0. The number of hydrogen-bond acceptors (Lipinski definition) is 4. The molecular formula is C15H15N3O. The van der Waals surface area contributed by atoms with E-state index < -0.39 is 0 Å². The Morgan fingerprint density at radius 1 is 1.32 bits per heavy atom. The smallest absolute Gasteiger partial charge is 0.134 e. The molecule has 0 fully saturated rings. The Morgan fingerprint density at radius 3 is 3.16 bits per heavy atom. The van der Waals surface area contributed by atoms with Gasteiger partial charge in [0, 0.05) is 24.1 Å². The van der Waals surface area contributed by atoms with Crippen molar-refractivity contribution in [2.75, 3.05) is 13.2 Å². The molecular weight excluding hydrogens is 238 g/mol. The SMILES string of the molecule is CC1CN2C=NC3=C(CCOc4ccccc43)C2=N1. The van der Waals surface area contributed by atoms with Gasteiger partial charge in [0.1, 0.15) is 11.6 Å². The lowest BCUT2D eigenvalue weighted by Crippen LogP contribution is -2.31. The summed E-state index contributed by atoms with van der Waals surface area (Å²) in [5.74, 6) is 2.00. The fourth-order valence-corrected chi connectivity index (χ4v) is 2.87. The third-order valence-electron chi connectivity index (χ3n) is 3.71. The Labute approximate surface area is 112 Å². The zero-order chi connectivity index (χ0) is 12.8. The van der Waals surface area contributed by atoms with Crippen LogP contribution in [-0.4, -0.2) is 36.3 Å². The molecule has 19 heavy (non-hydrogen) atoms. The van der Waals surface area contributed by atoms with Crippen molar-refractivity contribution in [1.29, 1.82) is 0 Å². The Kier molecular flexibility index (Phi) is 2.24. The quantitative estimate of drug-likeness (QED) is 0.711. The van der Waals surface area contributed by atoms with Crippen molar-refractivity contribution < 1.29 is 4.74 Å². The summed E-state index contributed by atoms with van der Waals surface area (Å²) >= 11 is 0. The first kappa shape index (κ1) is 10.8. The molecule has 1 aromatic rings. The van der Waals surface area contributed by atoms with Crippen LogP contribution < -0.4 is 4.74 Å². The predicted molar refractivity (Wildman–Crippen MR) is 75.6 cm³/mol. The van der Waals surface area contributed by atoms with Crippen LogP contribution in [0.3, 0.4) is 0 Å². The molecule has 0 N–H and O–H groups in total. The number of nitrogens with zero attached hydrogens (tertiary/aromatic N) is 3. The highest BCUT2D eigenvalue weighted by molar-refractivity contribution is 6.13. The van der Waals surface area contributed by atoms with Crippen molar-refractivity contribution >= 4 is 17.9 Å². The second-order valence-corrected chi connectivity index (χ2v) is 5.12. The lowest BCUT2D eigenvalue weighted by atomic mass is 10.0. The Morgan fingerprint density at radius 2 is 2.21 bits per heavy atom. The van der Waals surface area contributed by atoms with Crippen LogP contribution >= 0.6 is 0 Å². The molecule has 0 amide bonds. The van der Waals surface area contributed by atoms with E-state index in [4.69, 9.17) is 9.73 Å². The van der Waals surface area contributed by atoms with Gasteiger partial charge < -0.3 is 9.64 Å². The van der Waals surface area contributed by atoms with Gasteiger partial charge in [-0.15, -0.1) is 0 Å². The largest absolute Gasteiger partial charge is 0.493 e. The summed E-state index contributed by atoms with van der Waals surface area (Å²) in [6.07, 6.45) is 2.77. The van der Waals surface area contributed by atoms with E-state index in [-0.39, 0.29) is 0 Å². The standard InChI is InChI=1S/C15H15N3O/c1-10-8-18-9-16-14-11-4-2-3-5-13(11)19-7-6-12(14)15(18)17-10/h2-5,9-10H,6-8H2,1H3. The van der Waals surface area contributed by atoms with Gasteiger partial charge in [0.25, 0.3) is 0 Å². The van der Waals surface area contributed by atoms with Crippen molar-refractivity contribution in [3.8, 4) is 5.75 Å². The molecule has 0 saturated carbocycles. The highest BCUT2D eigenvalue weighted by Gasteiger charge is 2.31. The predicted octanol–water partition coefficient (Wildman–Crippen LogP) is 2.32. The molecule has 3 aliphatic rings. The van der Waals surface area contributed by atoms with Crippen LogP contribution in [0.15, 0.2) is 39.8 Å². The monoisotopic (exact) mass is 253 g/mol. The lowest BCUT2D eigenvalue weighted by molar-refractivity contribution is 0.325. The van der Waals surface area contributed by atoms with E-state index in [1.807, 2.05) is 24.5 Å². The van der Waals surface area contributed by atoms with Crippen LogP contribution in [0.4, 0.5) is 0 Å². The van der Waals surface area contributed by atoms with Gasteiger partial charge in [0.15, 0.2) is 0 Å². The molecule has 3 aliphatic heterocycles. The molecule has 1 atom stereocenters. The second kappa shape index (κ2) is 3.95. The van der Waals surface area contributed by atoms with Crippen LogP contribution in [0, 0.1) is 0 Å². The number of fused-ring (bicyclic) bond motifs is 4. The number of rotatable bonds is 0. The molecule has 1 aromatic carbocycles. The third-order valence-corrected chi connectivity index (χ3v) is 3.71. The molecule has 4 heteroatoms. The molecule has 0 spiro atoms. The van der Waals surface area contributed by atoms with E-state index >= 15 is 0 Å². The zero-order valence-corrected chi connectivity index (χ0v) is 10.8. The molecule has 1 unspecified atom stereocenters. The molecule has 4 rings (SSSR count). The van der Waals surface area contributed by atoms with Crippen LogP contribution in [0.25, 0.3) is 5.70 Å². The molecule has 3 heterocycles. The van der Waals surface area contributed by atoms with Crippen molar-refractivity contribution in [3.63, 3.8) is 0 Å². The maximum atomic E-state index is 5.83. The van der Waals surface area contributed by atoms with Crippen LogP contribution in [0.2, 0.25) is 0 Å². The van der Waals surface area contributed by atoms with E-state index in [9.17, 15) is 0 Å². The minimum Gasteiger partial charge on any atom is -0.493 e. The molecule has 0 saturated heterocycles. The van der Waals surface area contributed by atoms with Gasteiger partial charge in [-0.3, -0.25) is 4.99 Å². The normalized spacial score (nSPS) is 24.2. The van der Waals surface area contributed by atoms with Gasteiger partial charge in [-0.25, -0.2) is 4.99 Å². The maximum Gasteiger partial charge on any atom is 0.134 e. The highest BCUT2D eigenvalue weighted by atomic mass is 16.5. The average molecular weight is 253 g/mol. The van der Waals surface area contributed by atoms with Crippen molar-refractivity contribution in [2.24, 2.45) is 9.98 Å². The Balaban J connectivity index is 1.91. The zero-order valence-electron chi connectivity index (χ0n) is 10.8. The highest BCUT2D eigenvalue weighted by Crippen LogP contribution is 2.36. The van der Waals surface area contributed by atoms with E-state index in [1.54, 1.807) is 0 Å². The summed E-state index contributed by atoms with van der Waals surface area (Å²) in [7, 11) is 0. The first-order valence-electron chi connectivity index (χ1n) is 6.67. The van der Waals surface area contributed by atoms with Crippen molar-refractivity contribution in [1.82, 2.24) is 4.90 Å². The number of benzene rings is 1. The van der Waals surface area contributed by atoms with Crippen molar-refractivity contribution in [3.05, 3.63) is 35.4 Å². The topological polar surface area (TPSA) is 37.2 Å². The first-order valence-corrected chi connectivity index (χ1v) is 6.67. The van der Waals surface area contributed by atoms with Crippen molar-refractivity contribution in [2.45, 2.75) is 19.4 Å². The maximum absolute atomic E-state index is 5.83. The number of amidine groups is 1. The van der Waals surface area contributed by atoms with Crippen LogP contribution in [0.1, 0.15) is 18.9 Å². The van der Waals surface area contributed by atoms with Gasteiger partial charge in [-0.1, -0.05) is 12.1 Å². The second-order valence-electron chi connectivity index (χ2n) is 5.12. The van der Waals surface area contributed by atoms with Crippen LogP contribution in [-0.2, 0) is 0 Å². The summed E-state index contributed by atoms with van der Waals surface area (Å²) < 4.78 is 5.83. The summed E-state index contributed by atoms with van der Waals surface area (Å²) in [5.41, 5.74) is 3.32. The van der Waals surface area contributed by atoms with E-state index in [1.165, 1.54) is 5.57 Å². The van der Waals surface area contributed by atoms with Gasteiger partial charge in [0.05, 0.1) is 24.7 Å². The molecule has 0 bridgehead atoms. The average Bonchev–Trinajstić information content (AvgIpc) is 2.70. The Bertz CT molecular complexity index is 630. The summed E-state index contributed by atoms with van der Waals surface area (Å²) in [6.45, 7) is 3.76. The van der Waals surface area contributed by atoms with Gasteiger partial charge >= 0.3 is 0 Å².